The lowest BCUT2D eigenvalue weighted by atomic mass is 10.1. The molecule has 0 aliphatic carbocycles. The Balaban J connectivity index is 1.63. The molecule has 2 amide bonds. The standard InChI is InChI=1S/C20H21N5O5/c1-11-9-17(14(4)30-11)20(27)22-21-19(26)16-7-5-15(6-8-16)10-24-13(3)18(25(28)29)12(2)23-24/h5-9H,10H2,1-4H3,(H,21,26)(H,22,27). The molecule has 3 rings (SSSR count). The third-order valence-electron chi connectivity index (χ3n) is 4.65. The number of carbonyl (C=O) groups excluding carboxylic acids is 2. The van der Waals surface area contributed by atoms with Crippen LogP contribution in [0.2, 0.25) is 0 Å². The largest absolute Gasteiger partial charge is 0.466 e. The maximum absolute atomic E-state index is 12.3. The molecule has 0 unspecified atom stereocenters. The van der Waals surface area contributed by atoms with Gasteiger partial charge in [-0.25, -0.2) is 0 Å². The second kappa shape index (κ2) is 8.19. The molecular formula is C20H21N5O5. The first-order chi connectivity index (χ1) is 14.2. The molecule has 30 heavy (non-hydrogen) atoms. The van der Waals surface area contributed by atoms with Gasteiger partial charge in [0.05, 0.1) is 17.0 Å². The van der Waals surface area contributed by atoms with Crippen LogP contribution in [0, 0.1) is 37.8 Å². The molecular weight excluding hydrogens is 390 g/mol. The van der Waals surface area contributed by atoms with Crippen LogP contribution < -0.4 is 10.9 Å². The van der Waals surface area contributed by atoms with Crippen molar-refractivity contribution in [2.45, 2.75) is 34.2 Å². The van der Waals surface area contributed by atoms with Crippen LogP contribution >= 0.6 is 0 Å². The van der Waals surface area contributed by atoms with Crippen molar-refractivity contribution < 1.29 is 18.9 Å². The minimum Gasteiger partial charge on any atom is -0.466 e. The molecule has 10 nitrogen and oxygen atoms in total. The van der Waals surface area contributed by atoms with Gasteiger partial charge < -0.3 is 4.42 Å². The number of amides is 2. The molecule has 2 heterocycles. The second-order valence-electron chi connectivity index (χ2n) is 6.87. The monoisotopic (exact) mass is 411 g/mol. The second-order valence-corrected chi connectivity index (χ2v) is 6.87. The Morgan fingerprint density at radius 3 is 2.27 bits per heavy atom. The molecule has 0 saturated heterocycles. The lowest BCUT2D eigenvalue weighted by molar-refractivity contribution is -0.386. The average Bonchev–Trinajstić information content (AvgIpc) is 3.17. The van der Waals surface area contributed by atoms with Crippen molar-refractivity contribution in [2.75, 3.05) is 0 Å². The normalized spacial score (nSPS) is 10.7. The van der Waals surface area contributed by atoms with Gasteiger partial charge in [0, 0.05) is 5.56 Å². The van der Waals surface area contributed by atoms with E-state index in [1.165, 1.54) is 0 Å². The molecule has 1 aromatic carbocycles. The summed E-state index contributed by atoms with van der Waals surface area (Å²) >= 11 is 0. The third-order valence-corrected chi connectivity index (χ3v) is 4.65. The Morgan fingerprint density at radius 1 is 1.10 bits per heavy atom. The smallest absolute Gasteiger partial charge is 0.312 e. The fourth-order valence-corrected chi connectivity index (χ4v) is 3.15. The Labute approximate surface area is 172 Å². The van der Waals surface area contributed by atoms with Gasteiger partial charge in [-0.1, -0.05) is 12.1 Å². The number of rotatable bonds is 5. The maximum atomic E-state index is 12.3. The highest BCUT2D eigenvalue weighted by molar-refractivity contribution is 5.99. The van der Waals surface area contributed by atoms with Gasteiger partial charge in [0.2, 0.25) is 0 Å². The summed E-state index contributed by atoms with van der Waals surface area (Å²) in [5.41, 5.74) is 7.06. The van der Waals surface area contributed by atoms with Crippen LogP contribution in [0.1, 0.15) is 49.2 Å². The van der Waals surface area contributed by atoms with Crippen molar-refractivity contribution in [3.8, 4) is 0 Å². The van der Waals surface area contributed by atoms with E-state index in [1.807, 2.05) is 0 Å². The number of nitrogens with zero attached hydrogens (tertiary/aromatic N) is 3. The van der Waals surface area contributed by atoms with E-state index in [9.17, 15) is 19.7 Å². The summed E-state index contributed by atoms with van der Waals surface area (Å²) in [6, 6.07) is 8.24. The minimum absolute atomic E-state index is 0.00444. The minimum atomic E-state index is -0.477. The van der Waals surface area contributed by atoms with Gasteiger partial charge in [-0.05, 0) is 51.5 Å². The Hall–Kier alpha value is -3.95. The van der Waals surface area contributed by atoms with Crippen LogP contribution in [0.15, 0.2) is 34.7 Å². The third kappa shape index (κ3) is 4.22. The average molecular weight is 411 g/mol. The first kappa shape index (κ1) is 20.8. The molecule has 3 aromatic rings. The highest BCUT2D eigenvalue weighted by Crippen LogP contribution is 2.22. The molecule has 0 bridgehead atoms. The van der Waals surface area contributed by atoms with E-state index in [0.29, 0.717) is 40.6 Å². The van der Waals surface area contributed by atoms with Crippen molar-refractivity contribution in [1.82, 2.24) is 20.6 Å². The Kier molecular flexibility index (Phi) is 5.67. The van der Waals surface area contributed by atoms with Gasteiger partial charge >= 0.3 is 5.69 Å². The molecule has 0 aliphatic heterocycles. The first-order valence-corrected chi connectivity index (χ1v) is 9.12. The molecule has 156 valence electrons. The maximum Gasteiger partial charge on any atom is 0.312 e. The van der Waals surface area contributed by atoms with Gasteiger partial charge in [0.1, 0.15) is 22.9 Å². The molecule has 2 N–H and O–H groups in total. The van der Waals surface area contributed by atoms with Crippen LogP contribution in [0.4, 0.5) is 5.69 Å². The molecule has 10 heteroatoms. The SMILES string of the molecule is Cc1cc(C(=O)NNC(=O)c2ccc(Cn3nc(C)c([N+](=O)[O-])c3C)cc2)c(C)o1. The van der Waals surface area contributed by atoms with Crippen LogP contribution in [-0.4, -0.2) is 26.5 Å². The zero-order valence-electron chi connectivity index (χ0n) is 17.0. The number of hydrogen-bond donors (Lipinski definition) is 2. The Bertz CT molecular complexity index is 1130. The lowest BCUT2D eigenvalue weighted by Crippen LogP contribution is -2.41. The summed E-state index contributed by atoms with van der Waals surface area (Å²) in [4.78, 5) is 35.1. The topological polar surface area (TPSA) is 132 Å². The molecule has 0 saturated carbocycles. The van der Waals surface area contributed by atoms with Crippen LogP contribution in [-0.2, 0) is 6.54 Å². The highest BCUT2D eigenvalue weighted by atomic mass is 16.6. The van der Waals surface area contributed by atoms with Gasteiger partial charge in [0.15, 0.2) is 0 Å². The summed E-state index contributed by atoms with van der Waals surface area (Å²) in [5.74, 6) is 0.121. The molecule has 2 aromatic heterocycles. The van der Waals surface area contributed by atoms with Gasteiger partial charge in [-0.3, -0.25) is 35.2 Å². The molecule has 0 fully saturated rings. The summed E-state index contributed by atoms with van der Waals surface area (Å²) < 4.78 is 6.85. The number of carbonyl (C=O) groups is 2. The van der Waals surface area contributed by atoms with Crippen LogP contribution in [0.3, 0.4) is 0 Å². The number of aryl methyl sites for hydroxylation is 3. The van der Waals surface area contributed by atoms with Crippen LogP contribution in [0.5, 0.6) is 0 Å². The predicted octanol–water partition coefficient (Wildman–Crippen LogP) is 2.74. The number of aromatic nitrogens is 2. The van der Waals surface area contributed by atoms with Crippen molar-refractivity contribution >= 4 is 17.5 Å². The Morgan fingerprint density at radius 2 is 1.73 bits per heavy atom. The van der Waals surface area contributed by atoms with Crippen LogP contribution in [0.25, 0.3) is 0 Å². The van der Waals surface area contributed by atoms with Gasteiger partial charge in [-0.15, -0.1) is 0 Å². The van der Waals surface area contributed by atoms with Gasteiger partial charge in [-0.2, -0.15) is 5.10 Å². The van der Waals surface area contributed by atoms with E-state index in [1.54, 1.807) is 62.7 Å². The zero-order valence-corrected chi connectivity index (χ0v) is 17.0. The van der Waals surface area contributed by atoms with E-state index in [-0.39, 0.29) is 5.69 Å². The predicted molar refractivity (Wildman–Crippen MR) is 107 cm³/mol. The fourth-order valence-electron chi connectivity index (χ4n) is 3.15. The number of nitrogens with one attached hydrogen (secondary N) is 2. The quantitative estimate of drug-likeness (QED) is 0.490. The summed E-state index contributed by atoms with van der Waals surface area (Å²) in [7, 11) is 0. The number of benzene rings is 1. The number of furan rings is 1. The molecule has 0 radical (unpaired) electrons. The number of nitro groups is 1. The first-order valence-electron chi connectivity index (χ1n) is 9.12. The van der Waals surface area contributed by atoms with E-state index >= 15 is 0 Å². The fraction of sp³-hybridized carbons (Fsp3) is 0.250. The van der Waals surface area contributed by atoms with Crippen molar-refractivity contribution in [3.05, 3.63) is 80.0 Å². The number of hydrazine groups is 1. The lowest BCUT2D eigenvalue weighted by Gasteiger charge is -2.08. The summed E-state index contributed by atoms with van der Waals surface area (Å²) in [6.45, 7) is 6.97. The molecule has 0 aliphatic rings. The zero-order chi connectivity index (χ0) is 22.0. The molecule has 0 spiro atoms. The van der Waals surface area contributed by atoms with E-state index in [4.69, 9.17) is 4.42 Å². The highest BCUT2D eigenvalue weighted by Gasteiger charge is 2.21. The summed E-state index contributed by atoms with van der Waals surface area (Å²) in [5, 5.41) is 15.3. The number of hydrogen-bond acceptors (Lipinski definition) is 6. The van der Waals surface area contributed by atoms with E-state index in [0.717, 1.165) is 5.56 Å². The molecule has 0 atom stereocenters. The van der Waals surface area contributed by atoms with E-state index < -0.39 is 16.7 Å². The summed E-state index contributed by atoms with van der Waals surface area (Å²) in [6.07, 6.45) is 0. The van der Waals surface area contributed by atoms with E-state index in [2.05, 4.69) is 16.0 Å². The van der Waals surface area contributed by atoms with Crippen molar-refractivity contribution in [3.63, 3.8) is 0 Å². The van der Waals surface area contributed by atoms with Crippen molar-refractivity contribution in [1.29, 1.82) is 0 Å². The van der Waals surface area contributed by atoms with Crippen molar-refractivity contribution in [2.24, 2.45) is 0 Å². The van der Waals surface area contributed by atoms with Gasteiger partial charge in [0.25, 0.3) is 11.8 Å².